The number of para-hydroxylation sites is 1. The molecule has 0 aliphatic carbocycles. The lowest BCUT2D eigenvalue weighted by Gasteiger charge is -1.87. The third-order valence-electron chi connectivity index (χ3n) is 2.10. The Bertz CT molecular complexity index is 616. The van der Waals surface area contributed by atoms with E-state index in [9.17, 15) is 0 Å². The predicted molar refractivity (Wildman–Crippen MR) is 55.0 cm³/mol. The van der Waals surface area contributed by atoms with E-state index >= 15 is 0 Å². The minimum absolute atomic E-state index is 0.268. The van der Waals surface area contributed by atoms with Gasteiger partial charge in [0.05, 0.1) is 0 Å². The van der Waals surface area contributed by atoms with Crippen molar-refractivity contribution in [3.8, 4) is 0 Å². The minimum atomic E-state index is 0.268. The fraction of sp³-hybridized carbons (Fsp3) is 0. The maximum Gasteiger partial charge on any atom is 0.241 e. The molecule has 0 saturated carbocycles. The summed E-state index contributed by atoms with van der Waals surface area (Å²) >= 11 is 4.84. The first kappa shape index (κ1) is 7.64. The van der Waals surface area contributed by atoms with Crippen LogP contribution in [0.4, 0.5) is 0 Å². The van der Waals surface area contributed by atoms with Gasteiger partial charge < -0.3 is 4.98 Å². The lowest BCUT2D eigenvalue weighted by Crippen LogP contribution is -1.87. The molecule has 1 radical (unpaired) electrons. The van der Waals surface area contributed by atoms with Crippen LogP contribution in [-0.2, 0) is 0 Å². The van der Waals surface area contributed by atoms with Gasteiger partial charge in [-0.2, -0.15) is 4.98 Å². The fourth-order valence-corrected chi connectivity index (χ4v) is 1.64. The Morgan fingerprint density at radius 2 is 2.00 bits per heavy atom. The van der Waals surface area contributed by atoms with E-state index in [0.29, 0.717) is 5.65 Å². The molecule has 0 aliphatic rings. The van der Waals surface area contributed by atoms with Gasteiger partial charge in [0.2, 0.25) is 5.16 Å². The number of hydrogen-bond acceptors (Lipinski definition) is 3. The van der Waals surface area contributed by atoms with Crippen LogP contribution in [-0.4, -0.2) is 20.2 Å². The number of fused-ring (bicyclic) bond motifs is 3. The van der Waals surface area contributed by atoms with E-state index in [0.717, 1.165) is 16.4 Å². The van der Waals surface area contributed by atoms with Crippen molar-refractivity contribution in [3.05, 3.63) is 24.3 Å². The second kappa shape index (κ2) is 2.62. The van der Waals surface area contributed by atoms with Gasteiger partial charge >= 0.3 is 0 Å². The quantitative estimate of drug-likeness (QED) is 0.605. The van der Waals surface area contributed by atoms with E-state index in [4.69, 9.17) is 12.6 Å². The average molecular weight is 201 g/mol. The summed E-state index contributed by atoms with van der Waals surface area (Å²) in [6.45, 7) is 0. The van der Waals surface area contributed by atoms with Gasteiger partial charge in [0, 0.05) is 10.9 Å². The highest BCUT2D eigenvalue weighted by Gasteiger charge is 2.06. The molecule has 0 bridgehead atoms. The first-order valence-corrected chi connectivity index (χ1v) is 4.53. The topological polar surface area (TPSA) is 54.5 Å². The molecule has 5 heteroatoms. The monoisotopic (exact) mass is 201 g/mol. The highest BCUT2D eigenvalue weighted by Crippen LogP contribution is 2.21. The molecule has 0 saturated heterocycles. The Morgan fingerprint density at radius 1 is 1.14 bits per heavy atom. The predicted octanol–water partition coefficient (Wildman–Crippen LogP) is 2.06. The largest absolute Gasteiger partial charge is 0.338 e. The number of hydrogen-bond donors (Lipinski definition) is 1. The molecule has 3 aromatic rings. The first-order valence-electron chi connectivity index (χ1n) is 4.13. The summed E-state index contributed by atoms with van der Waals surface area (Å²) in [5, 5.41) is 9.08. The summed E-state index contributed by atoms with van der Waals surface area (Å²) < 4.78 is 0. The van der Waals surface area contributed by atoms with Crippen LogP contribution in [0, 0.1) is 0 Å². The summed E-state index contributed by atoms with van der Waals surface area (Å²) in [5.41, 5.74) is 2.48. The molecule has 0 atom stereocenters. The van der Waals surface area contributed by atoms with Gasteiger partial charge in [0.15, 0.2) is 5.65 Å². The van der Waals surface area contributed by atoms with E-state index in [1.165, 1.54) is 0 Å². The second-order valence-electron chi connectivity index (χ2n) is 2.96. The molecule has 0 spiro atoms. The molecule has 0 fully saturated rings. The molecule has 67 valence electrons. The van der Waals surface area contributed by atoms with Crippen molar-refractivity contribution in [2.75, 3.05) is 0 Å². The number of aromatic amines is 1. The number of rotatable bonds is 0. The zero-order valence-corrected chi connectivity index (χ0v) is 7.88. The number of H-pyrrole nitrogens is 1. The minimum Gasteiger partial charge on any atom is -0.338 e. The van der Waals surface area contributed by atoms with Gasteiger partial charge in [0.1, 0.15) is 5.52 Å². The highest BCUT2D eigenvalue weighted by molar-refractivity contribution is 7.80. The molecule has 1 aromatic carbocycles. The molecule has 0 unspecified atom stereocenters. The number of benzene rings is 1. The van der Waals surface area contributed by atoms with E-state index in [-0.39, 0.29) is 5.16 Å². The van der Waals surface area contributed by atoms with Crippen LogP contribution >= 0.6 is 12.6 Å². The smallest absolute Gasteiger partial charge is 0.241 e. The zero-order chi connectivity index (χ0) is 9.54. The normalized spacial score (nSPS) is 11.1. The molecule has 0 amide bonds. The lowest BCUT2D eigenvalue weighted by molar-refractivity contribution is 0.883. The summed E-state index contributed by atoms with van der Waals surface area (Å²) in [5.74, 6) is 0. The van der Waals surface area contributed by atoms with Crippen molar-refractivity contribution in [2.24, 2.45) is 0 Å². The van der Waals surface area contributed by atoms with Crippen molar-refractivity contribution >= 4 is 34.7 Å². The van der Waals surface area contributed by atoms with Crippen molar-refractivity contribution in [1.82, 2.24) is 20.2 Å². The van der Waals surface area contributed by atoms with Crippen LogP contribution in [0.25, 0.3) is 22.1 Å². The molecule has 3 rings (SSSR count). The van der Waals surface area contributed by atoms with Crippen LogP contribution in [0.5, 0.6) is 0 Å². The third kappa shape index (κ3) is 0.958. The summed E-state index contributed by atoms with van der Waals surface area (Å²) in [7, 11) is 0. The van der Waals surface area contributed by atoms with Crippen LogP contribution in [0.15, 0.2) is 29.4 Å². The van der Waals surface area contributed by atoms with E-state index in [2.05, 4.69) is 20.2 Å². The molecular weight excluding hydrogens is 196 g/mol. The number of nitrogens with zero attached hydrogens (tertiary/aromatic N) is 3. The average Bonchev–Trinajstić information content (AvgIpc) is 2.54. The SMILES string of the molecule is [S]c1nnc2c(n1)[nH]c1ccccc12. The van der Waals surface area contributed by atoms with Crippen LogP contribution in [0.1, 0.15) is 0 Å². The Labute approximate surface area is 84.8 Å². The molecule has 2 heterocycles. The number of aromatic nitrogens is 4. The molecule has 4 nitrogen and oxygen atoms in total. The lowest BCUT2D eigenvalue weighted by atomic mass is 10.2. The third-order valence-corrected chi connectivity index (χ3v) is 2.28. The molecule has 0 aliphatic heterocycles. The first-order chi connectivity index (χ1) is 6.84. The van der Waals surface area contributed by atoms with Crippen LogP contribution < -0.4 is 0 Å². The molecule has 14 heavy (non-hydrogen) atoms. The maximum absolute atomic E-state index is 4.84. The summed E-state index contributed by atoms with van der Waals surface area (Å²) in [6.07, 6.45) is 0. The van der Waals surface area contributed by atoms with Crippen molar-refractivity contribution in [2.45, 2.75) is 5.16 Å². The second-order valence-corrected chi connectivity index (χ2v) is 3.33. The number of nitrogens with one attached hydrogen (secondary N) is 1. The van der Waals surface area contributed by atoms with E-state index in [1.54, 1.807) is 0 Å². The van der Waals surface area contributed by atoms with Gasteiger partial charge in [-0.25, -0.2) is 0 Å². The fourth-order valence-electron chi connectivity index (χ4n) is 1.51. The van der Waals surface area contributed by atoms with Crippen molar-refractivity contribution < 1.29 is 0 Å². The van der Waals surface area contributed by atoms with E-state index < -0.39 is 0 Å². The van der Waals surface area contributed by atoms with Gasteiger partial charge in [0.25, 0.3) is 0 Å². The van der Waals surface area contributed by atoms with Crippen molar-refractivity contribution in [3.63, 3.8) is 0 Å². The van der Waals surface area contributed by atoms with Crippen LogP contribution in [0.2, 0.25) is 0 Å². The Morgan fingerprint density at radius 3 is 2.93 bits per heavy atom. The van der Waals surface area contributed by atoms with E-state index in [1.807, 2.05) is 24.3 Å². The standard InChI is InChI=1S/C9H5N4S/c14-9-11-8-7(12-13-9)5-3-1-2-4-6(5)10-8/h1-4H,(H,10,11,13). The van der Waals surface area contributed by atoms with Gasteiger partial charge in [-0.05, 0) is 18.7 Å². The highest BCUT2D eigenvalue weighted by atomic mass is 32.1. The molecular formula is C9H5N4S. The Balaban J connectivity index is 2.57. The maximum atomic E-state index is 4.84. The van der Waals surface area contributed by atoms with Gasteiger partial charge in [-0.15, -0.1) is 10.2 Å². The Hall–Kier alpha value is -1.75. The van der Waals surface area contributed by atoms with Gasteiger partial charge in [-0.3, -0.25) is 0 Å². The Kier molecular flexibility index (Phi) is 1.43. The molecule has 1 N–H and O–H groups in total. The van der Waals surface area contributed by atoms with Crippen LogP contribution in [0.3, 0.4) is 0 Å². The van der Waals surface area contributed by atoms with Crippen molar-refractivity contribution in [1.29, 1.82) is 0 Å². The van der Waals surface area contributed by atoms with Gasteiger partial charge in [-0.1, -0.05) is 18.2 Å². The summed E-state index contributed by atoms with van der Waals surface area (Å²) in [4.78, 5) is 7.24. The molecule has 2 aromatic heterocycles. The summed E-state index contributed by atoms with van der Waals surface area (Å²) in [6, 6.07) is 7.87. The zero-order valence-electron chi connectivity index (χ0n) is 7.06.